The molecule has 0 aromatic heterocycles. The summed E-state index contributed by atoms with van der Waals surface area (Å²) in [4.78, 5) is 38.9. The molecule has 8 nitrogen and oxygen atoms in total. The minimum atomic E-state index is -1.02. The van der Waals surface area contributed by atoms with Crippen molar-refractivity contribution in [2.45, 2.75) is 39.7 Å². The molecule has 192 valence electrons. The lowest BCUT2D eigenvalue weighted by atomic mass is 9.99. The quantitative estimate of drug-likeness (QED) is 0.385. The summed E-state index contributed by atoms with van der Waals surface area (Å²) in [6, 6.07) is 5.83. The molecule has 2 aromatic rings. The van der Waals surface area contributed by atoms with Gasteiger partial charge in [-0.15, -0.1) is 0 Å². The monoisotopic (exact) mass is 519 g/mol. The number of hydrogen-bond donors (Lipinski definition) is 2. The third-order valence-electron chi connectivity index (χ3n) is 5.45. The third kappa shape index (κ3) is 6.14. The van der Waals surface area contributed by atoms with Crippen molar-refractivity contribution in [1.82, 2.24) is 5.32 Å². The van der Waals surface area contributed by atoms with E-state index >= 15 is 8.78 Å². The molecule has 1 aliphatic heterocycles. The zero-order valence-electron chi connectivity index (χ0n) is 20.3. The highest BCUT2D eigenvalue weighted by atomic mass is 32.1. The molecule has 1 saturated heterocycles. The molecule has 1 fully saturated rings. The molecular formula is C25H27F2N3O5S. The van der Waals surface area contributed by atoms with Gasteiger partial charge in [-0.2, -0.15) is 0 Å². The number of carbonyl (C=O) groups is 2. The Balaban J connectivity index is 1.93. The number of nitrogens with zero attached hydrogens (tertiary/aromatic N) is 1. The second kappa shape index (κ2) is 11.4. The fraction of sp³-hybridized carbons (Fsp3) is 0.360. The van der Waals surface area contributed by atoms with Gasteiger partial charge in [0.2, 0.25) is 5.43 Å². The number of esters is 1. The van der Waals surface area contributed by atoms with Crippen LogP contribution in [0.2, 0.25) is 0 Å². The first-order chi connectivity index (χ1) is 17.0. The van der Waals surface area contributed by atoms with Gasteiger partial charge in [-0.3, -0.25) is 9.69 Å². The van der Waals surface area contributed by atoms with Gasteiger partial charge in [0, 0.05) is 12.1 Å². The van der Waals surface area contributed by atoms with Crippen molar-refractivity contribution in [3.63, 3.8) is 0 Å². The van der Waals surface area contributed by atoms with E-state index < -0.39 is 40.9 Å². The molecule has 0 spiro atoms. The van der Waals surface area contributed by atoms with Crippen LogP contribution in [0.25, 0.3) is 0 Å². The molecule has 11 heteroatoms. The van der Waals surface area contributed by atoms with Gasteiger partial charge in [-0.1, -0.05) is 26.1 Å². The van der Waals surface area contributed by atoms with E-state index in [-0.39, 0.29) is 42.6 Å². The van der Waals surface area contributed by atoms with Gasteiger partial charge < -0.3 is 20.1 Å². The lowest BCUT2D eigenvalue weighted by Gasteiger charge is -2.16. The van der Waals surface area contributed by atoms with Crippen LogP contribution in [0.3, 0.4) is 0 Å². The summed E-state index contributed by atoms with van der Waals surface area (Å²) in [7, 11) is 0. The summed E-state index contributed by atoms with van der Waals surface area (Å²) >= 11 is 4.94. The molecule has 2 N–H and O–H groups in total. The first-order valence-electron chi connectivity index (χ1n) is 11.4. The molecule has 1 atom stereocenters. The average molecular weight is 520 g/mol. The first kappa shape index (κ1) is 27.0. The highest BCUT2D eigenvalue weighted by Gasteiger charge is 2.33. The lowest BCUT2D eigenvalue weighted by molar-refractivity contribution is 0.0524. The molecule has 0 bridgehead atoms. The van der Waals surface area contributed by atoms with Crippen molar-refractivity contribution in [2.75, 3.05) is 29.9 Å². The fourth-order valence-corrected chi connectivity index (χ4v) is 3.77. The molecule has 0 aliphatic carbocycles. The topological polar surface area (TPSA) is 97.0 Å². The Bertz CT molecular complexity index is 1230. The number of ether oxygens (including phenoxy) is 2. The Morgan fingerprint density at radius 3 is 2.47 bits per heavy atom. The van der Waals surface area contributed by atoms with Crippen molar-refractivity contribution in [2.24, 2.45) is 0 Å². The van der Waals surface area contributed by atoms with Crippen LogP contribution in [0.5, 0.6) is 0 Å². The maximum absolute atomic E-state index is 15.0. The summed E-state index contributed by atoms with van der Waals surface area (Å²) in [5, 5.41) is 5.41. The number of amides is 1. The summed E-state index contributed by atoms with van der Waals surface area (Å²) in [5.41, 5.74) is -0.646. The normalized spacial score (nSPS) is 15.0. The number of benzene rings is 1. The van der Waals surface area contributed by atoms with Crippen LogP contribution in [0.1, 0.15) is 49.5 Å². The smallest absolute Gasteiger partial charge is 0.414 e. The predicted molar refractivity (Wildman–Crippen MR) is 136 cm³/mol. The number of anilines is 3. The first-order valence-corrected chi connectivity index (χ1v) is 11.8. The SMILES string of the molecule is CCOC(=O)c1ccc(=O)c(Nc2c(F)cc(N3C[C@H](CNC(C)=S)OC3=O)cc2F)cc1C(C)C. The molecule has 1 aliphatic rings. The van der Waals surface area contributed by atoms with E-state index in [9.17, 15) is 14.4 Å². The van der Waals surface area contributed by atoms with E-state index in [0.717, 1.165) is 23.1 Å². The van der Waals surface area contributed by atoms with Crippen LogP contribution >= 0.6 is 12.2 Å². The van der Waals surface area contributed by atoms with Crippen LogP contribution < -0.4 is 21.0 Å². The van der Waals surface area contributed by atoms with Gasteiger partial charge in [-0.25, -0.2) is 18.4 Å². The Hall–Kier alpha value is -3.60. The number of hydrogen-bond acceptors (Lipinski definition) is 7. The maximum atomic E-state index is 15.0. The van der Waals surface area contributed by atoms with Crippen LogP contribution in [-0.2, 0) is 9.47 Å². The van der Waals surface area contributed by atoms with Crippen LogP contribution in [0.15, 0.2) is 35.1 Å². The summed E-state index contributed by atoms with van der Waals surface area (Å²) in [5.74, 6) is -2.83. The minimum Gasteiger partial charge on any atom is -0.462 e. The molecule has 0 saturated carbocycles. The minimum absolute atomic E-state index is 0.0319. The molecule has 3 rings (SSSR count). The summed E-state index contributed by atoms with van der Waals surface area (Å²) in [6.45, 7) is 7.47. The Morgan fingerprint density at radius 2 is 1.89 bits per heavy atom. The highest BCUT2D eigenvalue weighted by molar-refractivity contribution is 7.80. The standard InChI is InChI=1S/C25H27F2N3O5S/c1-5-34-24(32)17-6-7-22(31)21(10-18(17)13(2)3)29-23-19(26)8-15(9-20(23)27)30-12-16(35-25(30)33)11-28-14(4)36/h6-10,13,16H,5,11-12H2,1-4H3,(H,28,36)(H,29,31)/t16-/m0/s1. The highest BCUT2D eigenvalue weighted by Crippen LogP contribution is 2.31. The van der Waals surface area contributed by atoms with Gasteiger partial charge in [0.1, 0.15) is 11.8 Å². The molecule has 36 heavy (non-hydrogen) atoms. The van der Waals surface area contributed by atoms with Crippen molar-refractivity contribution in [3.8, 4) is 0 Å². The van der Waals surface area contributed by atoms with Crippen molar-refractivity contribution in [1.29, 1.82) is 0 Å². The molecule has 1 heterocycles. The largest absolute Gasteiger partial charge is 0.462 e. The number of cyclic esters (lactones) is 1. The van der Waals surface area contributed by atoms with Gasteiger partial charge in [0.15, 0.2) is 11.6 Å². The van der Waals surface area contributed by atoms with Crippen molar-refractivity contribution < 1.29 is 27.8 Å². The maximum Gasteiger partial charge on any atom is 0.414 e. The Labute approximate surface area is 212 Å². The van der Waals surface area contributed by atoms with Crippen molar-refractivity contribution in [3.05, 3.63) is 63.3 Å². The summed E-state index contributed by atoms with van der Waals surface area (Å²) in [6.07, 6.45) is -1.29. The Morgan fingerprint density at radius 1 is 1.22 bits per heavy atom. The zero-order chi connectivity index (χ0) is 26.6. The summed E-state index contributed by atoms with van der Waals surface area (Å²) < 4.78 is 40.4. The van der Waals surface area contributed by atoms with E-state index in [1.165, 1.54) is 12.1 Å². The second-order valence-electron chi connectivity index (χ2n) is 8.46. The van der Waals surface area contributed by atoms with Crippen LogP contribution in [0, 0.1) is 11.6 Å². The zero-order valence-corrected chi connectivity index (χ0v) is 21.1. The van der Waals surface area contributed by atoms with Gasteiger partial charge >= 0.3 is 12.1 Å². The fourth-order valence-electron chi connectivity index (χ4n) is 3.69. The average Bonchev–Trinajstić information content (AvgIpc) is 3.09. The number of thiocarbonyl (C=S) groups is 1. The number of carbonyl (C=O) groups excluding carboxylic acids is 2. The van der Waals surface area contributed by atoms with E-state index in [1.807, 2.05) is 13.8 Å². The van der Waals surface area contributed by atoms with E-state index in [0.29, 0.717) is 10.6 Å². The van der Waals surface area contributed by atoms with Gasteiger partial charge in [0.05, 0.1) is 41.6 Å². The molecule has 2 aromatic carbocycles. The van der Waals surface area contributed by atoms with Crippen molar-refractivity contribution >= 4 is 46.3 Å². The van der Waals surface area contributed by atoms with Crippen LogP contribution in [0.4, 0.5) is 30.6 Å². The van der Waals surface area contributed by atoms with E-state index in [4.69, 9.17) is 21.7 Å². The van der Waals surface area contributed by atoms with E-state index in [1.54, 1.807) is 13.8 Å². The lowest BCUT2D eigenvalue weighted by Crippen LogP contribution is -2.32. The van der Waals surface area contributed by atoms with E-state index in [2.05, 4.69) is 10.6 Å². The molecule has 0 unspecified atom stereocenters. The molecular weight excluding hydrogens is 492 g/mol. The Kier molecular flexibility index (Phi) is 8.57. The third-order valence-corrected chi connectivity index (χ3v) is 5.59. The molecule has 1 amide bonds. The number of nitrogens with one attached hydrogen (secondary N) is 2. The second-order valence-corrected chi connectivity index (χ2v) is 9.08. The molecule has 0 radical (unpaired) electrons. The number of rotatable bonds is 8. The van der Waals surface area contributed by atoms with Crippen LogP contribution in [-0.4, -0.2) is 42.9 Å². The van der Waals surface area contributed by atoms with Gasteiger partial charge in [-0.05, 0) is 43.5 Å². The predicted octanol–water partition coefficient (Wildman–Crippen LogP) is 4.63. The number of halogens is 2. The van der Waals surface area contributed by atoms with Gasteiger partial charge in [0.25, 0.3) is 0 Å².